The average molecular weight is 375 g/mol. The normalized spacial score (nSPS) is 11.7. The number of rotatable bonds is 15. The minimum atomic E-state index is 0.138. The summed E-state index contributed by atoms with van der Waals surface area (Å²) in [4.78, 5) is 0. The van der Waals surface area contributed by atoms with E-state index in [4.69, 9.17) is 4.74 Å². The lowest BCUT2D eigenvalue weighted by Gasteiger charge is -2.22. The Morgan fingerprint density at radius 1 is 0.704 bits per heavy atom. The molecule has 1 rings (SSSR count). The summed E-state index contributed by atoms with van der Waals surface area (Å²) in [6.07, 6.45) is 19.6. The second-order valence-corrected chi connectivity index (χ2v) is 9.28. The van der Waals surface area contributed by atoms with E-state index in [1.54, 1.807) is 7.11 Å². The lowest BCUT2D eigenvalue weighted by Crippen LogP contribution is -2.13. The van der Waals surface area contributed by atoms with E-state index in [1.165, 1.54) is 101 Å². The Morgan fingerprint density at radius 2 is 1.19 bits per heavy atom. The standard InChI is InChI=1S/C26H46O/c1-6-7-8-9-10-11-12-13-14-15-16-17-18-19-23-20-21-24(26(2,3)4)25(22-23)27-5/h20-22H,6-19H2,1-5H3. The third-order valence-corrected chi connectivity index (χ3v) is 5.64. The van der Waals surface area contributed by atoms with Crippen LogP contribution in [0, 0.1) is 0 Å². The molecule has 27 heavy (non-hydrogen) atoms. The molecule has 0 unspecified atom stereocenters. The predicted octanol–water partition coefficient (Wildman–Crippen LogP) is 8.63. The van der Waals surface area contributed by atoms with E-state index in [2.05, 4.69) is 45.9 Å². The maximum absolute atomic E-state index is 5.63. The Labute approximate surface area is 170 Å². The smallest absolute Gasteiger partial charge is 0.122 e. The van der Waals surface area contributed by atoms with Gasteiger partial charge in [0.2, 0.25) is 0 Å². The van der Waals surface area contributed by atoms with Gasteiger partial charge in [-0.3, -0.25) is 0 Å². The Bertz CT molecular complexity index is 483. The van der Waals surface area contributed by atoms with Crippen molar-refractivity contribution in [3.63, 3.8) is 0 Å². The van der Waals surface area contributed by atoms with E-state index in [1.807, 2.05) is 0 Å². The van der Waals surface area contributed by atoms with Crippen LogP contribution < -0.4 is 4.74 Å². The van der Waals surface area contributed by atoms with Gasteiger partial charge in [-0.05, 0) is 35.4 Å². The lowest BCUT2D eigenvalue weighted by molar-refractivity contribution is 0.397. The number of hydrogen-bond donors (Lipinski definition) is 0. The van der Waals surface area contributed by atoms with Crippen molar-refractivity contribution in [2.75, 3.05) is 7.11 Å². The highest BCUT2D eigenvalue weighted by atomic mass is 16.5. The fourth-order valence-electron chi connectivity index (χ4n) is 3.86. The molecule has 156 valence electrons. The topological polar surface area (TPSA) is 9.23 Å². The molecular formula is C26H46O. The molecule has 0 bridgehead atoms. The van der Waals surface area contributed by atoms with Gasteiger partial charge in [0.25, 0.3) is 0 Å². The molecule has 0 aliphatic carbocycles. The number of hydrogen-bond acceptors (Lipinski definition) is 1. The molecule has 1 nitrogen and oxygen atoms in total. The lowest BCUT2D eigenvalue weighted by atomic mass is 9.85. The van der Waals surface area contributed by atoms with Gasteiger partial charge in [0.1, 0.15) is 5.75 Å². The van der Waals surface area contributed by atoms with Crippen LogP contribution in [-0.2, 0) is 11.8 Å². The first-order valence-electron chi connectivity index (χ1n) is 11.7. The minimum absolute atomic E-state index is 0.138. The minimum Gasteiger partial charge on any atom is -0.496 e. The summed E-state index contributed by atoms with van der Waals surface area (Å²) < 4.78 is 5.63. The largest absolute Gasteiger partial charge is 0.496 e. The van der Waals surface area contributed by atoms with E-state index in [9.17, 15) is 0 Å². The van der Waals surface area contributed by atoms with Gasteiger partial charge in [-0.25, -0.2) is 0 Å². The van der Waals surface area contributed by atoms with Crippen LogP contribution in [0.15, 0.2) is 18.2 Å². The Kier molecular flexibility index (Phi) is 12.5. The summed E-state index contributed by atoms with van der Waals surface area (Å²) in [6.45, 7) is 9.03. The van der Waals surface area contributed by atoms with Gasteiger partial charge in [-0.2, -0.15) is 0 Å². The molecule has 0 spiro atoms. The van der Waals surface area contributed by atoms with Crippen LogP contribution >= 0.6 is 0 Å². The van der Waals surface area contributed by atoms with Crippen LogP contribution in [0.3, 0.4) is 0 Å². The molecule has 0 saturated heterocycles. The molecule has 1 aromatic rings. The van der Waals surface area contributed by atoms with Crippen molar-refractivity contribution < 1.29 is 4.74 Å². The molecule has 1 aromatic carbocycles. The zero-order chi connectivity index (χ0) is 20.0. The molecule has 0 aromatic heterocycles. The molecule has 0 aliphatic heterocycles. The second-order valence-electron chi connectivity index (χ2n) is 9.28. The highest BCUT2D eigenvalue weighted by Crippen LogP contribution is 2.32. The molecule has 0 saturated carbocycles. The van der Waals surface area contributed by atoms with Crippen molar-refractivity contribution in [3.8, 4) is 5.75 Å². The predicted molar refractivity (Wildman–Crippen MR) is 121 cm³/mol. The monoisotopic (exact) mass is 374 g/mol. The van der Waals surface area contributed by atoms with Crippen LogP contribution in [0.2, 0.25) is 0 Å². The molecule has 0 aliphatic rings. The van der Waals surface area contributed by atoms with Gasteiger partial charge >= 0.3 is 0 Å². The van der Waals surface area contributed by atoms with Crippen LogP contribution in [0.5, 0.6) is 5.75 Å². The van der Waals surface area contributed by atoms with E-state index >= 15 is 0 Å². The second kappa shape index (κ2) is 14.1. The summed E-state index contributed by atoms with van der Waals surface area (Å²) >= 11 is 0. The number of methoxy groups -OCH3 is 1. The average Bonchev–Trinajstić information content (AvgIpc) is 2.64. The Morgan fingerprint density at radius 3 is 1.63 bits per heavy atom. The van der Waals surface area contributed by atoms with Crippen molar-refractivity contribution >= 4 is 0 Å². The van der Waals surface area contributed by atoms with E-state index in [-0.39, 0.29) is 5.41 Å². The van der Waals surface area contributed by atoms with E-state index in [0.717, 1.165) is 5.75 Å². The summed E-state index contributed by atoms with van der Waals surface area (Å²) in [5.41, 5.74) is 2.86. The molecule has 1 heteroatoms. The molecule has 0 heterocycles. The van der Waals surface area contributed by atoms with E-state index in [0.29, 0.717) is 0 Å². The van der Waals surface area contributed by atoms with Crippen LogP contribution in [-0.4, -0.2) is 7.11 Å². The first-order chi connectivity index (χ1) is 13.0. The maximum atomic E-state index is 5.63. The van der Waals surface area contributed by atoms with Crippen molar-refractivity contribution in [1.29, 1.82) is 0 Å². The van der Waals surface area contributed by atoms with Gasteiger partial charge in [-0.1, -0.05) is 117 Å². The molecular weight excluding hydrogens is 328 g/mol. The van der Waals surface area contributed by atoms with Crippen LogP contribution in [0.4, 0.5) is 0 Å². The van der Waals surface area contributed by atoms with Crippen LogP contribution in [0.1, 0.15) is 122 Å². The maximum Gasteiger partial charge on any atom is 0.122 e. The molecule has 0 N–H and O–H groups in total. The van der Waals surface area contributed by atoms with E-state index < -0.39 is 0 Å². The summed E-state index contributed by atoms with van der Waals surface area (Å²) in [5, 5.41) is 0. The Hall–Kier alpha value is -0.980. The summed E-state index contributed by atoms with van der Waals surface area (Å²) in [5.74, 6) is 1.05. The highest BCUT2D eigenvalue weighted by Gasteiger charge is 2.18. The highest BCUT2D eigenvalue weighted by molar-refractivity contribution is 5.41. The first-order valence-corrected chi connectivity index (χ1v) is 11.7. The third kappa shape index (κ3) is 10.8. The summed E-state index contributed by atoms with van der Waals surface area (Å²) in [6, 6.07) is 6.81. The van der Waals surface area contributed by atoms with Crippen LogP contribution in [0.25, 0.3) is 0 Å². The van der Waals surface area contributed by atoms with Gasteiger partial charge in [0, 0.05) is 0 Å². The van der Waals surface area contributed by atoms with Crippen molar-refractivity contribution in [2.24, 2.45) is 0 Å². The van der Waals surface area contributed by atoms with Crippen molar-refractivity contribution in [1.82, 2.24) is 0 Å². The van der Waals surface area contributed by atoms with Crippen molar-refractivity contribution in [2.45, 2.75) is 123 Å². The number of unbranched alkanes of at least 4 members (excludes halogenated alkanes) is 12. The third-order valence-electron chi connectivity index (χ3n) is 5.64. The summed E-state index contributed by atoms with van der Waals surface area (Å²) in [7, 11) is 1.79. The fourth-order valence-corrected chi connectivity index (χ4v) is 3.86. The molecule has 0 amide bonds. The van der Waals surface area contributed by atoms with Gasteiger partial charge in [0.05, 0.1) is 7.11 Å². The molecule has 0 radical (unpaired) electrons. The SMILES string of the molecule is CCCCCCCCCCCCCCCc1ccc(C(C)(C)C)c(OC)c1. The zero-order valence-electron chi connectivity index (χ0n) is 19.0. The molecule has 0 fully saturated rings. The van der Waals surface area contributed by atoms with Gasteiger partial charge in [0.15, 0.2) is 0 Å². The Balaban J connectivity index is 2.07. The van der Waals surface area contributed by atoms with Gasteiger partial charge in [-0.15, -0.1) is 0 Å². The van der Waals surface area contributed by atoms with Crippen molar-refractivity contribution in [3.05, 3.63) is 29.3 Å². The first kappa shape index (κ1) is 24.1. The fraction of sp³-hybridized carbons (Fsp3) is 0.769. The van der Waals surface area contributed by atoms with Gasteiger partial charge < -0.3 is 4.74 Å². The zero-order valence-corrected chi connectivity index (χ0v) is 19.0. The molecule has 0 atom stereocenters. The number of benzene rings is 1. The number of ether oxygens (including phenoxy) is 1. The quantitative estimate of drug-likeness (QED) is 0.279. The number of aryl methyl sites for hydroxylation is 1.